The maximum Gasteiger partial charge on any atom is 0.183 e. The van der Waals surface area contributed by atoms with Crippen LogP contribution in [0.3, 0.4) is 0 Å². The minimum absolute atomic E-state index is 0.0438. The van der Waals surface area contributed by atoms with Gasteiger partial charge in [-0.25, -0.2) is 0 Å². The van der Waals surface area contributed by atoms with Gasteiger partial charge < -0.3 is 29.2 Å². The molecule has 1 saturated heterocycles. The molecule has 2 unspecified atom stereocenters. The van der Waals surface area contributed by atoms with Crippen LogP contribution in [0.25, 0.3) is 0 Å². The lowest BCUT2D eigenvalue weighted by molar-refractivity contribution is -0.248. The molecule has 1 aliphatic rings. The zero-order valence-corrected chi connectivity index (χ0v) is 11.6. The van der Waals surface area contributed by atoms with Gasteiger partial charge in [-0.3, -0.25) is 0 Å². The highest BCUT2D eigenvalue weighted by atomic mass is 16.7. The molecule has 0 aromatic carbocycles. The van der Waals surface area contributed by atoms with Crippen LogP contribution < -0.4 is 0 Å². The molecule has 0 spiro atoms. The van der Waals surface area contributed by atoms with E-state index in [2.05, 4.69) is 6.92 Å². The Morgan fingerprint density at radius 3 is 2.42 bits per heavy atom. The van der Waals surface area contributed by atoms with Gasteiger partial charge in [0.1, 0.15) is 6.10 Å². The molecular weight excluding hydrogens is 252 g/mol. The monoisotopic (exact) mass is 278 g/mol. The molecule has 19 heavy (non-hydrogen) atoms. The second-order valence-corrected chi connectivity index (χ2v) is 4.55. The summed E-state index contributed by atoms with van der Waals surface area (Å²) in [5.74, 6) is 0. The highest BCUT2D eigenvalue weighted by Gasteiger charge is 2.29. The van der Waals surface area contributed by atoms with Crippen LogP contribution in [-0.4, -0.2) is 68.4 Å². The molecule has 0 bridgehead atoms. The van der Waals surface area contributed by atoms with Crippen molar-refractivity contribution in [2.45, 2.75) is 44.7 Å². The first kappa shape index (κ1) is 16.8. The number of rotatable bonds is 10. The van der Waals surface area contributed by atoms with Gasteiger partial charge in [0.15, 0.2) is 6.29 Å². The van der Waals surface area contributed by atoms with Crippen molar-refractivity contribution in [2.75, 3.05) is 39.6 Å². The Balaban J connectivity index is 1.98. The summed E-state index contributed by atoms with van der Waals surface area (Å²) in [6.07, 6.45) is 0.717. The number of hydrogen-bond donors (Lipinski definition) is 2. The average Bonchev–Trinajstić information content (AvgIpc) is 2.43. The van der Waals surface area contributed by atoms with E-state index in [1.54, 1.807) is 0 Å². The van der Waals surface area contributed by atoms with Gasteiger partial charge in [-0.2, -0.15) is 0 Å². The first-order chi connectivity index (χ1) is 9.27. The Kier molecular flexibility index (Phi) is 9.32. The van der Waals surface area contributed by atoms with Gasteiger partial charge in [0.2, 0.25) is 0 Å². The summed E-state index contributed by atoms with van der Waals surface area (Å²) in [6.45, 7) is 4.69. The fraction of sp³-hybridized carbons (Fsp3) is 1.00. The molecular formula is C13H26O6. The number of ether oxygens (including phenoxy) is 4. The van der Waals surface area contributed by atoms with Gasteiger partial charge in [-0.05, 0) is 19.3 Å². The molecule has 0 aromatic rings. The Hall–Kier alpha value is -0.240. The van der Waals surface area contributed by atoms with Crippen LogP contribution in [-0.2, 0) is 18.9 Å². The van der Waals surface area contributed by atoms with E-state index < -0.39 is 12.4 Å². The van der Waals surface area contributed by atoms with Crippen LogP contribution in [0.2, 0.25) is 0 Å². The third-order valence-corrected chi connectivity index (χ3v) is 2.86. The van der Waals surface area contributed by atoms with E-state index in [1.165, 1.54) is 0 Å². The third-order valence-electron chi connectivity index (χ3n) is 2.86. The van der Waals surface area contributed by atoms with Gasteiger partial charge in [-0.15, -0.1) is 0 Å². The first-order valence-electron chi connectivity index (χ1n) is 6.99. The van der Waals surface area contributed by atoms with E-state index in [-0.39, 0.29) is 12.7 Å². The van der Waals surface area contributed by atoms with Gasteiger partial charge in [0, 0.05) is 6.61 Å². The zero-order chi connectivity index (χ0) is 13.9. The molecule has 6 nitrogen and oxygen atoms in total. The smallest absolute Gasteiger partial charge is 0.183 e. The number of aliphatic hydroxyl groups excluding tert-OH is 2. The van der Waals surface area contributed by atoms with Crippen molar-refractivity contribution in [3.8, 4) is 0 Å². The standard InChI is InChI=1S/C13H26O6/c1-2-5-16-6-7-17-8-9-18-13-12(15)4-3-11(10-14)19-13/h11-15H,2-10H2,1H3/t11?,12?,13-/m1/s1. The predicted octanol–water partition coefficient (Wildman–Crippen LogP) is 0.304. The molecule has 114 valence electrons. The lowest BCUT2D eigenvalue weighted by Crippen LogP contribution is -2.42. The van der Waals surface area contributed by atoms with E-state index in [4.69, 9.17) is 24.1 Å². The summed E-state index contributed by atoms with van der Waals surface area (Å²) in [5, 5.41) is 18.7. The summed E-state index contributed by atoms with van der Waals surface area (Å²) in [6, 6.07) is 0. The minimum atomic E-state index is -0.661. The van der Waals surface area contributed by atoms with Crippen molar-refractivity contribution in [3.63, 3.8) is 0 Å². The Morgan fingerprint density at radius 2 is 1.74 bits per heavy atom. The molecule has 1 heterocycles. The first-order valence-corrected chi connectivity index (χ1v) is 6.99. The fourth-order valence-corrected chi connectivity index (χ4v) is 1.82. The molecule has 1 fully saturated rings. The van der Waals surface area contributed by atoms with Gasteiger partial charge in [0.05, 0.1) is 39.1 Å². The van der Waals surface area contributed by atoms with Crippen molar-refractivity contribution < 1.29 is 29.2 Å². The van der Waals surface area contributed by atoms with Crippen LogP contribution in [0, 0.1) is 0 Å². The second-order valence-electron chi connectivity index (χ2n) is 4.55. The molecule has 0 aromatic heterocycles. The van der Waals surface area contributed by atoms with Gasteiger partial charge in [-0.1, -0.05) is 6.92 Å². The van der Waals surface area contributed by atoms with Crippen molar-refractivity contribution in [1.29, 1.82) is 0 Å². The van der Waals surface area contributed by atoms with Crippen LogP contribution in [0.5, 0.6) is 0 Å². The lowest BCUT2D eigenvalue weighted by atomic mass is 10.1. The molecule has 0 saturated carbocycles. The Bertz CT molecular complexity index is 213. The van der Waals surface area contributed by atoms with E-state index in [0.29, 0.717) is 39.3 Å². The minimum Gasteiger partial charge on any atom is -0.394 e. The van der Waals surface area contributed by atoms with Crippen LogP contribution in [0.15, 0.2) is 0 Å². The van der Waals surface area contributed by atoms with Crippen LogP contribution >= 0.6 is 0 Å². The fourth-order valence-electron chi connectivity index (χ4n) is 1.82. The van der Waals surface area contributed by atoms with Gasteiger partial charge >= 0.3 is 0 Å². The van der Waals surface area contributed by atoms with Crippen molar-refractivity contribution in [2.24, 2.45) is 0 Å². The Morgan fingerprint density at radius 1 is 1.05 bits per heavy atom. The normalized spacial score (nSPS) is 27.6. The third kappa shape index (κ3) is 7.20. The summed E-state index contributed by atoms with van der Waals surface area (Å²) < 4.78 is 21.4. The lowest BCUT2D eigenvalue weighted by Gasteiger charge is -2.32. The maximum absolute atomic E-state index is 9.69. The molecule has 2 N–H and O–H groups in total. The van der Waals surface area contributed by atoms with E-state index >= 15 is 0 Å². The zero-order valence-electron chi connectivity index (χ0n) is 11.6. The maximum atomic E-state index is 9.69. The summed E-state index contributed by atoms with van der Waals surface area (Å²) >= 11 is 0. The van der Waals surface area contributed by atoms with Crippen LogP contribution in [0.4, 0.5) is 0 Å². The van der Waals surface area contributed by atoms with Crippen molar-refractivity contribution in [1.82, 2.24) is 0 Å². The summed E-state index contributed by atoms with van der Waals surface area (Å²) in [5.41, 5.74) is 0. The summed E-state index contributed by atoms with van der Waals surface area (Å²) in [7, 11) is 0. The van der Waals surface area contributed by atoms with E-state index in [1.807, 2.05) is 0 Å². The molecule has 6 heteroatoms. The van der Waals surface area contributed by atoms with E-state index in [9.17, 15) is 5.11 Å². The molecule has 1 rings (SSSR count). The molecule has 1 aliphatic heterocycles. The molecule has 3 atom stereocenters. The second kappa shape index (κ2) is 10.5. The van der Waals surface area contributed by atoms with Gasteiger partial charge in [0.25, 0.3) is 0 Å². The molecule has 0 aliphatic carbocycles. The van der Waals surface area contributed by atoms with Crippen molar-refractivity contribution in [3.05, 3.63) is 0 Å². The SMILES string of the molecule is CCCOCCOCCO[C@@H]1OC(CO)CCC1O. The molecule has 0 radical (unpaired) electrons. The quantitative estimate of drug-likeness (QED) is 0.560. The summed E-state index contributed by atoms with van der Waals surface area (Å²) in [4.78, 5) is 0. The topological polar surface area (TPSA) is 77.4 Å². The van der Waals surface area contributed by atoms with Crippen molar-refractivity contribution >= 4 is 0 Å². The highest BCUT2D eigenvalue weighted by molar-refractivity contribution is 4.72. The number of hydrogen-bond acceptors (Lipinski definition) is 6. The highest BCUT2D eigenvalue weighted by Crippen LogP contribution is 2.20. The van der Waals surface area contributed by atoms with E-state index in [0.717, 1.165) is 13.0 Å². The largest absolute Gasteiger partial charge is 0.394 e. The number of aliphatic hydroxyl groups is 2. The predicted molar refractivity (Wildman–Crippen MR) is 68.9 cm³/mol. The Labute approximate surface area is 114 Å². The van der Waals surface area contributed by atoms with Crippen LogP contribution in [0.1, 0.15) is 26.2 Å². The molecule has 0 amide bonds. The average molecular weight is 278 g/mol.